The third kappa shape index (κ3) is 13.1. The number of rotatable bonds is 18. The molecule has 2 saturated carbocycles. The smallest absolute Gasteiger partial charge is 0.290 e. The topological polar surface area (TPSA) is 158 Å². The van der Waals surface area contributed by atoms with Crippen molar-refractivity contribution in [2.24, 2.45) is 17.8 Å². The van der Waals surface area contributed by atoms with Gasteiger partial charge >= 0.3 is 0 Å². The zero-order valence-corrected chi connectivity index (χ0v) is 44.2. The van der Waals surface area contributed by atoms with Crippen LogP contribution < -0.4 is 9.47 Å². The summed E-state index contributed by atoms with van der Waals surface area (Å²) in [6, 6.07) is 42.0. The first-order chi connectivity index (χ1) is 36.3. The summed E-state index contributed by atoms with van der Waals surface area (Å²) in [6.45, 7) is 7.38. The van der Waals surface area contributed by atoms with Gasteiger partial charge in [-0.1, -0.05) is 161 Å². The van der Waals surface area contributed by atoms with Crippen LogP contribution in [-0.4, -0.2) is 92.8 Å². The molecule has 2 aliphatic carbocycles. The molecular formula is C62H74Cl2F4O10. The highest BCUT2D eigenvalue weighted by atomic mass is 35.5. The highest BCUT2D eigenvalue weighted by molar-refractivity contribution is 6.31. The third-order valence-electron chi connectivity index (χ3n) is 14.7. The average molecular weight is 1130 g/mol. The third-order valence-corrected chi connectivity index (χ3v) is 15.5. The minimum Gasteiger partial charge on any atom is -0.494 e. The molecule has 2 fully saturated rings. The van der Waals surface area contributed by atoms with Crippen molar-refractivity contribution in [3.63, 3.8) is 0 Å². The van der Waals surface area contributed by atoms with Crippen molar-refractivity contribution in [1.82, 2.24) is 0 Å². The predicted molar refractivity (Wildman–Crippen MR) is 296 cm³/mol. The molecule has 0 amide bonds. The number of benzene rings is 6. The van der Waals surface area contributed by atoms with Crippen LogP contribution in [0, 0.1) is 17.8 Å². The van der Waals surface area contributed by atoms with Crippen molar-refractivity contribution in [2.45, 2.75) is 129 Å². The molecule has 10 nitrogen and oxygen atoms in total. The summed E-state index contributed by atoms with van der Waals surface area (Å²) in [5, 5.41) is 63.8. The molecule has 0 aromatic heterocycles. The molecule has 78 heavy (non-hydrogen) atoms. The van der Waals surface area contributed by atoms with Crippen LogP contribution in [0.4, 0.5) is 17.6 Å². The second-order valence-corrected chi connectivity index (χ2v) is 20.3. The van der Waals surface area contributed by atoms with Gasteiger partial charge in [0.1, 0.15) is 29.8 Å². The van der Waals surface area contributed by atoms with E-state index >= 15 is 17.6 Å². The Bertz CT molecular complexity index is 2800. The van der Waals surface area contributed by atoms with E-state index in [0.717, 1.165) is 34.1 Å². The molecule has 6 N–H and O–H groups in total. The van der Waals surface area contributed by atoms with Crippen LogP contribution in [0.15, 0.2) is 146 Å². The molecular weight excluding hydrogens is 1050 g/mol. The zero-order valence-electron chi connectivity index (χ0n) is 42.7. The van der Waals surface area contributed by atoms with Crippen molar-refractivity contribution in [3.05, 3.63) is 200 Å². The van der Waals surface area contributed by atoms with Gasteiger partial charge in [-0.2, -0.15) is 0 Å². The number of ether oxygens (including phenoxy) is 4. The van der Waals surface area contributed by atoms with Crippen LogP contribution in [0.3, 0.4) is 0 Å². The molecule has 0 saturated heterocycles. The number of hydrogen-bond donors (Lipinski definition) is 6. The first-order valence-corrected chi connectivity index (χ1v) is 26.2. The Morgan fingerprint density at radius 2 is 0.949 bits per heavy atom. The van der Waals surface area contributed by atoms with E-state index < -0.39 is 77.9 Å². The summed E-state index contributed by atoms with van der Waals surface area (Å²) in [7, 11) is 0. The van der Waals surface area contributed by atoms with Crippen molar-refractivity contribution >= 4 is 23.2 Å². The first kappa shape index (κ1) is 63.7. The molecule has 8 rings (SSSR count). The largest absolute Gasteiger partial charge is 0.494 e. The van der Waals surface area contributed by atoms with Gasteiger partial charge < -0.3 is 49.6 Å². The zero-order chi connectivity index (χ0) is 55.0. The minimum absolute atomic E-state index is 0. The van der Waals surface area contributed by atoms with Gasteiger partial charge in [0, 0.05) is 16.0 Å². The predicted octanol–water partition coefficient (Wildman–Crippen LogP) is 12.1. The number of aliphatic hydroxyl groups excluding tert-OH is 4. The average Bonchev–Trinajstić information content (AvgIpc) is 3.62. The fourth-order valence-corrected chi connectivity index (χ4v) is 10.9. The normalized spacial score (nSPS) is 26.1. The molecule has 6 aromatic carbocycles. The van der Waals surface area contributed by atoms with Crippen molar-refractivity contribution < 1.29 is 67.1 Å². The van der Waals surface area contributed by atoms with Gasteiger partial charge in [0.2, 0.25) is 0 Å². The Morgan fingerprint density at radius 3 is 1.37 bits per heavy atom. The lowest BCUT2D eigenvalue weighted by Gasteiger charge is -2.54. The maximum absolute atomic E-state index is 16.9. The van der Waals surface area contributed by atoms with Crippen LogP contribution in [0.1, 0.15) is 93.5 Å². The van der Waals surface area contributed by atoms with Crippen LogP contribution in [0.2, 0.25) is 10.0 Å². The van der Waals surface area contributed by atoms with E-state index in [1.807, 2.05) is 98.8 Å². The first-order valence-electron chi connectivity index (χ1n) is 25.4. The van der Waals surface area contributed by atoms with E-state index in [0.29, 0.717) is 41.5 Å². The molecule has 6 aromatic rings. The van der Waals surface area contributed by atoms with Gasteiger partial charge in [0.15, 0.2) is 11.2 Å². The van der Waals surface area contributed by atoms with E-state index in [9.17, 15) is 30.6 Å². The Hall–Kier alpha value is -5.10. The number of alkyl halides is 4. The lowest BCUT2D eigenvalue weighted by atomic mass is 9.62. The van der Waals surface area contributed by atoms with Gasteiger partial charge in [-0.05, 0) is 120 Å². The number of hydrogen-bond acceptors (Lipinski definition) is 10. The second-order valence-electron chi connectivity index (χ2n) is 19.5. The lowest BCUT2D eigenvalue weighted by molar-refractivity contribution is -0.331. The Morgan fingerprint density at radius 1 is 0.526 bits per heavy atom. The van der Waals surface area contributed by atoms with Gasteiger partial charge in [0.25, 0.3) is 11.8 Å². The fraction of sp³-hybridized carbons (Fsp3) is 0.419. The number of aliphatic hydroxyl groups is 6. The maximum atomic E-state index is 16.9. The molecule has 0 aliphatic heterocycles. The lowest BCUT2D eigenvalue weighted by Crippen LogP contribution is -2.70. The summed E-state index contributed by atoms with van der Waals surface area (Å²) in [6.07, 6.45) is -8.04. The quantitative estimate of drug-likeness (QED) is 0.0458. The molecule has 2 aliphatic rings. The Balaban J connectivity index is 0.000000299. The molecule has 2 unspecified atom stereocenters. The minimum atomic E-state index is -4.15. The summed E-state index contributed by atoms with van der Waals surface area (Å²) >= 11 is 12.9. The molecule has 0 spiro atoms. The molecule has 424 valence electrons. The number of halogens is 6. The van der Waals surface area contributed by atoms with Crippen molar-refractivity contribution in [3.8, 4) is 11.5 Å². The van der Waals surface area contributed by atoms with Gasteiger partial charge in [-0.25, -0.2) is 17.6 Å². The maximum Gasteiger partial charge on any atom is 0.290 e. The van der Waals surface area contributed by atoms with E-state index in [1.165, 1.54) is 18.2 Å². The van der Waals surface area contributed by atoms with Crippen molar-refractivity contribution in [2.75, 3.05) is 19.8 Å². The van der Waals surface area contributed by atoms with Crippen LogP contribution >= 0.6 is 23.2 Å². The molecule has 0 radical (unpaired) electrons. The van der Waals surface area contributed by atoms with Gasteiger partial charge in [-0.3, -0.25) is 0 Å². The summed E-state index contributed by atoms with van der Waals surface area (Å²) < 4.78 is 87.9. The van der Waals surface area contributed by atoms with Crippen LogP contribution in [0.5, 0.6) is 11.5 Å². The second kappa shape index (κ2) is 27.4. The van der Waals surface area contributed by atoms with E-state index in [4.69, 9.17) is 42.1 Å². The molecule has 0 bridgehead atoms. The molecule has 0 heterocycles. The Labute approximate surface area is 466 Å². The van der Waals surface area contributed by atoms with E-state index in [-0.39, 0.29) is 57.1 Å². The van der Waals surface area contributed by atoms with Crippen LogP contribution in [-0.2, 0) is 46.7 Å². The van der Waals surface area contributed by atoms with Crippen LogP contribution in [0.25, 0.3) is 0 Å². The van der Waals surface area contributed by atoms with E-state index in [1.54, 1.807) is 50.2 Å². The van der Waals surface area contributed by atoms with Crippen molar-refractivity contribution in [1.29, 1.82) is 0 Å². The Kier molecular flexibility index (Phi) is 22.4. The fourth-order valence-electron chi connectivity index (χ4n) is 10.5. The van der Waals surface area contributed by atoms with Gasteiger partial charge in [-0.15, -0.1) is 0 Å². The standard InChI is InChI=1S/C38H41ClF2O4.C22H25ClF2O6.2CH4/c1-4-33-26(3)35(44-24-28-12-8-6-9-13-28)36(45-25-29-14-10-7-11-15-29)37(42,38(33,40)41)31-18-21-34(39)30(23-31)22-27-16-19-32(20-17-27)43-5-2;1-2-31-15-6-3-12(4-7-15)9-13-10-14(5-8-17(13)23)21(30)20(29)19(28)18(27)16(11-26)22(21,24)25;;/h6-21,23,26,33,35-36,42H,4-5,22,24-25H2,1-3H3;3-8,10,16,18-20,26-30H,2,9,11H2,1H3;2*1H4/t26-,33-,35+,36-,37?;16-,18-,19+,20-,21?;;/m11../s1. The summed E-state index contributed by atoms with van der Waals surface area (Å²) in [5.41, 5.74) is -1.82. The molecule has 10 atom stereocenters. The van der Waals surface area contributed by atoms with Gasteiger partial charge in [0.05, 0.1) is 51.2 Å². The molecule has 16 heteroatoms. The highest BCUT2D eigenvalue weighted by Crippen LogP contribution is 2.57. The highest BCUT2D eigenvalue weighted by Gasteiger charge is 2.71. The SMILES string of the molecule is C.C.CCOc1ccc(Cc2cc(C3(O)[C@H](O)[C@@H](O)[C@H](O)[C@@H](CO)C3(F)F)ccc2Cl)cc1.CCOc1ccc(Cc2cc(C3(O)[C@H](OCc4ccccc4)[C@@H](OCc4ccccc4)[C@H](C)[C@@H](CC)C3(F)F)ccc2Cl)cc1. The summed E-state index contributed by atoms with van der Waals surface area (Å²) in [5.74, 6) is -10.2. The monoisotopic (exact) mass is 1120 g/mol. The van der Waals surface area contributed by atoms with E-state index in [2.05, 4.69) is 0 Å². The summed E-state index contributed by atoms with van der Waals surface area (Å²) in [4.78, 5) is 0.